The van der Waals surface area contributed by atoms with Crippen LogP contribution in [0.15, 0.2) is 0 Å². The number of carboxylic acids is 2. The summed E-state index contributed by atoms with van der Waals surface area (Å²) in [6.45, 7) is -0.126. The molecule has 0 aliphatic heterocycles. The van der Waals surface area contributed by atoms with E-state index in [-0.39, 0.29) is 23.4 Å². The molecule has 0 saturated heterocycles. The third kappa shape index (κ3) is 8.52. The molecule has 0 bridgehead atoms. The summed E-state index contributed by atoms with van der Waals surface area (Å²) in [5, 5.41) is 29.2. The Kier molecular flexibility index (Phi) is 7.87. The second-order valence-corrected chi connectivity index (χ2v) is 5.35. The van der Waals surface area contributed by atoms with Gasteiger partial charge in [-0.05, 0) is 0 Å². The molecule has 0 heterocycles. The molecule has 112 valence electrons. The lowest BCUT2D eigenvalue weighted by atomic mass is 9.90. The number of halogens is 1. The van der Waals surface area contributed by atoms with Gasteiger partial charge in [0.2, 0.25) is 0 Å². The van der Waals surface area contributed by atoms with Gasteiger partial charge in [0.1, 0.15) is 6.54 Å². The summed E-state index contributed by atoms with van der Waals surface area (Å²) in [5.41, 5.74) is -2.09. The van der Waals surface area contributed by atoms with Gasteiger partial charge in [0.25, 0.3) is 0 Å². The Hall–Kier alpha value is -1.18. The maximum absolute atomic E-state index is 11.8. The first kappa shape index (κ1) is 20.1. The van der Waals surface area contributed by atoms with E-state index in [2.05, 4.69) is 0 Å². The highest BCUT2D eigenvalue weighted by atomic mass is 35.5. The Bertz CT molecular complexity index is 352. The van der Waals surface area contributed by atoms with Gasteiger partial charge in [-0.3, -0.25) is 9.59 Å². The minimum atomic E-state index is -2.09. The van der Waals surface area contributed by atoms with Crippen LogP contribution in [-0.2, 0) is 14.4 Å². The number of Topliss-reactive ketones (excluding diaryl/α,β-unsaturated/α-hetero) is 1. The molecule has 0 radical (unpaired) electrons. The van der Waals surface area contributed by atoms with Crippen molar-refractivity contribution in [3.05, 3.63) is 0 Å². The summed E-state index contributed by atoms with van der Waals surface area (Å²) in [4.78, 5) is 32.7. The summed E-state index contributed by atoms with van der Waals surface area (Å²) >= 11 is 0. The Morgan fingerprint density at radius 3 is 1.95 bits per heavy atom. The van der Waals surface area contributed by atoms with Crippen LogP contribution in [0, 0.1) is 0 Å². The minimum absolute atomic E-state index is 0. The normalized spacial score (nSPS) is 14.1. The molecule has 0 saturated carbocycles. The number of rotatable bonds is 8. The van der Waals surface area contributed by atoms with E-state index >= 15 is 0 Å². The van der Waals surface area contributed by atoms with E-state index in [9.17, 15) is 24.6 Å². The summed E-state index contributed by atoms with van der Waals surface area (Å²) in [7, 11) is 5.06. The van der Waals surface area contributed by atoms with Gasteiger partial charge in [0, 0.05) is 18.8 Å². The van der Waals surface area contributed by atoms with Crippen LogP contribution in [0.25, 0.3) is 0 Å². The highest BCUT2D eigenvalue weighted by molar-refractivity contribution is 5.92. The molecule has 0 amide bonds. The largest absolute Gasteiger partial charge is 1.00 e. The van der Waals surface area contributed by atoms with Crippen molar-refractivity contribution in [2.45, 2.75) is 24.9 Å². The van der Waals surface area contributed by atoms with Crippen molar-refractivity contribution in [1.82, 2.24) is 0 Å². The second-order valence-electron chi connectivity index (χ2n) is 5.35. The molecule has 2 N–H and O–H groups in total. The van der Waals surface area contributed by atoms with E-state index in [0.29, 0.717) is 0 Å². The van der Waals surface area contributed by atoms with E-state index in [1.54, 1.807) is 21.1 Å². The van der Waals surface area contributed by atoms with Crippen LogP contribution in [-0.4, -0.2) is 65.7 Å². The molecule has 7 nitrogen and oxygen atoms in total. The molecule has 8 heteroatoms. The predicted molar refractivity (Wildman–Crippen MR) is 59.4 cm³/mol. The molecule has 0 aromatic rings. The number of carbonyl (C=O) groups is 3. The minimum Gasteiger partial charge on any atom is -1.00 e. The molecule has 0 aromatic carbocycles. The number of aliphatic hydroxyl groups is 1. The average molecular weight is 297 g/mol. The lowest BCUT2D eigenvalue weighted by molar-refractivity contribution is -0.875. The number of carboxylic acid groups (broad SMARTS) is 2. The zero-order valence-corrected chi connectivity index (χ0v) is 11.9. The molecule has 0 aliphatic carbocycles. The first-order chi connectivity index (χ1) is 7.96. The molecule has 0 fully saturated rings. The first-order valence-corrected chi connectivity index (χ1v) is 5.44. The zero-order valence-electron chi connectivity index (χ0n) is 11.2. The summed E-state index contributed by atoms with van der Waals surface area (Å²) in [5.74, 6) is -3.51. The van der Waals surface area contributed by atoms with E-state index in [1.165, 1.54) is 0 Å². The number of likely N-dealkylation sites (N-methyl/N-ethyl adjacent to an activating group) is 1. The number of hydrogen-bond acceptors (Lipinski definition) is 5. The van der Waals surface area contributed by atoms with Crippen LogP contribution in [0.3, 0.4) is 0 Å². The van der Waals surface area contributed by atoms with E-state index in [0.717, 1.165) is 0 Å². The zero-order chi connectivity index (χ0) is 14.6. The van der Waals surface area contributed by atoms with Crippen molar-refractivity contribution in [3.63, 3.8) is 0 Å². The van der Waals surface area contributed by atoms with Gasteiger partial charge in [-0.1, -0.05) is 0 Å². The van der Waals surface area contributed by atoms with Crippen LogP contribution < -0.4 is 17.5 Å². The van der Waals surface area contributed by atoms with E-state index < -0.39 is 42.6 Å². The Labute approximate surface area is 117 Å². The third-order valence-corrected chi connectivity index (χ3v) is 2.26. The number of hydrogen-bond donors (Lipinski definition) is 2. The monoisotopic (exact) mass is 296 g/mol. The van der Waals surface area contributed by atoms with Crippen LogP contribution in [0.4, 0.5) is 0 Å². The highest BCUT2D eigenvalue weighted by Gasteiger charge is 2.40. The van der Waals surface area contributed by atoms with Crippen LogP contribution in [0.1, 0.15) is 19.3 Å². The van der Waals surface area contributed by atoms with Gasteiger partial charge in [0.15, 0.2) is 11.4 Å². The van der Waals surface area contributed by atoms with Crippen molar-refractivity contribution in [2.75, 3.05) is 27.7 Å². The standard InChI is InChI=1S/C11H19NO6.ClH/c1-12(2,3)7-11(18,6-10(16)17)8(13)4-5-9(14)15;/h18H,4-7H2,1-3H3,(H-,14,15,16,17);1H/p-1. The number of ketones is 1. The predicted octanol–water partition coefficient (Wildman–Crippen LogP) is -5.00. The fraction of sp³-hybridized carbons (Fsp3) is 0.727. The van der Waals surface area contributed by atoms with Crippen molar-refractivity contribution in [3.8, 4) is 0 Å². The van der Waals surface area contributed by atoms with Crippen LogP contribution in [0.2, 0.25) is 0 Å². The first-order valence-electron chi connectivity index (χ1n) is 5.44. The van der Waals surface area contributed by atoms with Gasteiger partial charge in [-0.2, -0.15) is 0 Å². The molecular formula is C11H19ClNO6-. The maximum Gasteiger partial charge on any atom is 0.303 e. The number of quaternary nitrogens is 1. The number of carbonyl (C=O) groups excluding carboxylic acids is 2. The third-order valence-electron chi connectivity index (χ3n) is 2.26. The van der Waals surface area contributed by atoms with Gasteiger partial charge < -0.3 is 37.0 Å². The molecule has 1 unspecified atom stereocenters. The smallest absolute Gasteiger partial charge is 0.303 e. The van der Waals surface area contributed by atoms with Gasteiger partial charge in [0.05, 0.1) is 27.6 Å². The lowest BCUT2D eigenvalue weighted by Crippen LogP contribution is -3.00. The maximum atomic E-state index is 11.8. The Morgan fingerprint density at radius 1 is 1.16 bits per heavy atom. The summed E-state index contributed by atoms with van der Waals surface area (Å²) in [6, 6.07) is 0. The average Bonchev–Trinajstić information content (AvgIpc) is 2.09. The van der Waals surface area contributed by atoms with Crippen LogP contribution in [0.5, 0.6) is 0 Å². The molecule has 1 atom stereocenters. The van der Waals surface area contributed by atoms with Crippen molar-refractivity contribution in [1.29, 1.82) is 0 Å². The molecule has 0 spiro atoms. The Balaban J connectivity index is 0. The molecular weight excluding hydrogens is 278 g/mol. The van der Waals surface area contributed by atoms with Crippen molar-refractivity contribution in [2.24, 2.45) is 0 Å². The summed E-state index contributed by atoms with van der Waals surface area (Å²) < 4.78 is 0.169. The molecule has 19 heavy (non-hydrogen) atoms. The number of aliphatic carboxylic acids is 2. The summed E-state index contributed by atoms with van der Waals surface area (Å²) in [6.07, 6.45) is -1.68. The topological polar surface area (TPSA) is 115 Å². The Morgan fingerprint density at radius 2 is 1.63 bits per heavy atom. The van der Waals surface area contributed by atoms with Gasteiger partial charge in [-0.15, -0.1) is 0 Å². The fourth-order valence-corrected chi connectivity index (χ4v) is 1.72. The SMILES string of the molecule is C[N+](C)(C)CC(O)(CC(=O)[O-])C(=O)CCC(=O)O.[Cl-]. The van der Waals surface area contributed by atoms with Crippen molar-refractivity contribution >= 4 is 17.7 Å². The molecule has 0 aromatic heterocycles. The molecule has 0 rings (SSSR count). The highest BCUT2D eigenvalue weighted by Crippen LogP contribution is 2.18. The van der Waals surface area contributed by atoms with Gasteiger partial charge in [-0.25, -0.2) is 0 Å². The van der Waals surface area contributed by atoms with E-state index in [4.69, 9.17) is 5.11 Å². The van der Waals surface area contributed by atoms with Crippen LogP contribution >= 0.6 is 0 Å². The van der Waals surface area contributed by atoms with Crippen molar-refractivity contribution < 1.29 is 46.6 Å². The fourth-order valence-electron chi connectivity index (χ4n) is 1.72. The lowest BCUT2D eigenvalue weighted by Gasteiger charge is -2.34. The quantitative estimate of drug-likeness (QED) is 0.434. The number of nitrogens with zero attached hydrogens (tertiary/aromatic N) is 1. The second kappa shape index (κ2) is 7.42. The van der Waals surface area contributed by atoms with Gasteiger partial charge >= 0.3 is 5.97 Å². The van der Waals surface area contributed by atoms with E-state index in [1.807, 2.05) is 0 Å². The molecule has 0 aliphatic rings.